The molecule has 0 heterocycles. The Bertz CT molecular complexity index is 643. The van der Waals surface area contributed by atoms with Gasteiger partial charge in [-0.25, -0.2) is 8.42 Å². The molecular weight excluding hydrogens is 322 g/mol. The van der Waals surface area contributed by atoms with E-state index in [1.807, 2.05) is 0 Å². The van der Waals surface area contributed by atoms with Crippen molar-refractivity contribution in [2.75, 3.05) is 39.8 Å². The van der Waals surface area contributed by atoms with Crippen molar-refractivity contribution in [1.29, 1.82) is 0 Å². The Balaban J connectivity index is 2.71. The molecule has 1 atom stereocenters. The van der Waals surface area contributed by atoms with E-state index in [0.717, 1.165) is 6.26 Å². The number of hydrogen-bond acceptors (Lipinski definition) is 6. The lowest BCUT2D eigenvalue weighted by Gasteiger charge is -2.21. The number of aliphatic hydroxyl groups excluding tert-OH is 1. The van der Waals surface area contributed by atoms with E-state index in [-0.39, 0.29) is 24.6 Å². The normalized spacial score (nSPS) is 12.6. The number of sulfone groups is 1. The van der Waals surface area contributed by atoms with Crippen LogP contribution in [0.2, 0.25) is 0 Å². The van der Waals surface area contributed by atoms with Gasteiger partial charge in [-0.1, -0.05) is 6.07 Å². The predicted octanol–water partition coefficient (Wildman–Crippen LogP) is 0.630. The summed E-state index contributed by atoms with van der Waals surface area (Å²) in [6.07, 6.45) is 0.0641. The number of hydrogen-bond donors (Lipinski definition) is 1. The number of rotatable bonds is 8. The molecule has 0 saturated carbocycles. The van der Waals surface area contributed by atoms with Gasteiger partial charge < -0.3 is 19.5 Å². The fourth-order valence-corrected chi connectivity index (χ4v) is 2.54. The molecule has 0 radical (unpaired) electrons. The van der Waals surface area contributed by atoms with Gasteiger partial charge in [0.1, 0.15) is 9.84 Å². The number of carbonyl (C=O) groups is 1. The monoisotopic (exact) mass is 345 g/mol. The highest BCUT2D eigenvalue weighted by Crippen LogP contribution is 2.30. The largest absolute Gasteiger partial charge is 0.493 e. The number of aliphatic hydroxyl groups is 1. The predicted molar refractivity (Wildman–Crippen MR) is 86.5 cm³/mol. The molecule has 0 aliphatic rings. The van der Waals surface area contributed by atoms with Crippen LogP contribution in [0.15, 0.2) is 18.2 Å². The van der Waals surface area contributed by atoms with Crippen molar-refractivity contribution in [3.05, 3.63) is 23.8 Å². The summed E-state index contributed by atoms with van der Waals surface area (Å²) in [5, 5.41) is 10.2. The summed E-state index contributed by atoms with van der Waals surface area (Å²) in [6, 6.07) is 4.99. The summed E-state index contributed by atoms with van der Waals surface area (Å²) in [4.78, 5) is 13.2. The van der Waals surface area contributed by atoms with E-state index in [1.54, 1.807) is 18.2 Å². The molecule has 23 heavy (non-hydrogen) atoms. The van der Waals surface area contributed by atoms with Crippen molar-refractivity contribution >= 4 is 15.7 Å². The van der Waals surface area contributed by atoms with Crippen molar-refractivity contribution < 1.29 is 27.8 Å². The summed E-state index contributed by atoms with van der Waals surface area (Å²) in [5.74, 6) is 0.480. The molecule has 0 fully saturated rings. The number of benzene rings is 1. The average Bonchev–Trinajstić information content (AvgIpc) is 2.50. The Morgan fingerprint density at radius 3 is 2.39 bits per heavy atom. The van der Waals surface area contributed by atoms with Gasteiger partial charge in [-0.2, -0.15) is 0 Å². The molecule has 130 valence electrons. The lowest BCUT2D eigenvalue weighted by atomic mass is 10.1. The maximum absolute atomic E-state index is 11.9. The third-order valence-corrected chi connectivity index (χ3v) is 4.30. The highest BCUT2D eigenvalue weighted by molar-refractivity contribution is 7.90. The van der Waals surface area contributed by atoms with Crippen LogP contribution in [0.5, 0.6) is 11.5 Å². The maximum atomic E-state index is 11.9. The highest BCUT2D eigenvalue weighted by atomic mass is 32.2. The topological polar surface area (TPSA) is 93.1 Å². The van der Waals surface area contributed by atoms with Gasteiger partial charge in [-0.05, 0) is 17.7 Å². The van der Waals surface area contributed by atoms with Crippen LogP contribution < -0.4 is 9.47 Å². The van der Waals surface area contributed by atoms with Gasteiger partial charge in [0.05, 0.1) is 32.6 Å². The zero-order chi connectivity index (χ0) is 17.6. The van der Waals surface area contributed by atoms with Crippen molar-refractivity contribution in [3.8, 4) is 11.5 Å². The standard InChI is InChI=1S/C15H23NO6S/c1-16(15(18)7-8-23(4,19)20)10-12(17)11-5-6-13(21-2)14(9-11)22-3/h5-6,9,12,17H,7-8,10H2,1-4H3. The molecular formula is C15H23NO6S. The number of likely N-dealkylation sites (N-methyl/N-ethyl adjacent to an activating group) is 1. The molecule has 1 rings (SSSR count). The molecule has 1 N–H and O–H groups in total. The first kappa shape index (κ1) is 19.2. The lowest BCUT2D eigenvalue weighted by Crippen LogP contribution is -2.32. The highest BCUT2D eigenvalue weighted by Gasteiger charge is 2.18. The van der Waals surface area contributed by atoms with E-state index in [1.165, 1.54) is 26.2 Å². The molecule has 1 unspecified atom stereocenters. The van der Waals surface area contributed by atoms with Crippen LogP contribution in [0.1, 0.15) is 18.1 Å². The fraction of sp³-hybridized carbons (Fsp3) is 0.533. The van der Waals surface area contributed by atoms with Crippen LogP contribution in [0.25, 0.3) is 0 Å². The number of ether oxygens (including phenoxy) is 2. The molecule has 0 aliphatic carbocycles. The average molecular weight is 345 g/mol. The third kappa shape index (κ3) is 6.07. The van der Waals surface area contributed by atoms with Crippen LogP contribution in [-0.4, -0.2) is 64.2 Å². The lowest BCUT2D eigenvalue weighted by molar-refractivity contribution is -0.130. The molecule has 0 aromatic heterocycles. The Hall–Kier alpha value is -1.80. The SMILES string of the molecule is COc1ccc(C(O)CN(C)C(=O)CCS(C)(=O)=O)cc1OC. The van der Waals surface area contributed by atoms with Crippen molar-refractivity contribution in [2.45, 2.75) is 12.5 Å². The summed E-state index contributed by atoms with van der Waals surface area (Å²) in [5.41, 5.74) is 0.574. The van der Waals surface area contributed by atoms with E-state index in [0.29, 0.717) is 17.1 Å². The van der Waals surface area contributed by atoms with Crippen molar-refractivity contribution in [1.82, 2.24) is 4.90 Å². The minimum Gasteiger partial charge on any atom is -0.493 e. The van der Waals surface area contributed by atoms with Gasteiger partial charge >= 0.3 is 0 Å². The minimum absolute atomic E-state index is 0.0536. The number of amides is 1. The van der Waals surface area contributed by atoms with Gasteiger partial charge in [-0.3, -0.25) is 4.79 Å². The number of carbonyl (C=O) groups excluding carboxylic acids is 1. The van der Waals surface area contributed by atoms with Crippen molar-refractivity contribution in [3.63, 3.8) is 0 Å². The zero-order valence-electron chi connectivity index (χ0n) is 13.8. The van der Waals surface area contributed by atoms with Gasteiger partial charge in [0, 0.05) is 19.7 Å². The Morgan fingerprint density at radius 1 is 1.26 bits per heavy atom. The van der Waals surface area contributed by atoms with E-state index in [4.69, 9.17) is 9.47 Å². The first-order valence-electron chi connectivity index (χ1n) is 6.99. The Labute approximate surface area is 136 Å². The van der Waals surface area contributed by atoms with E-state index in [9.17, 15) is 18.3 Å². The summed E-state index contributed by atoms with van der Waals surface area (Å²) < 4.78 is 32.5. The summed E-state index contributed by atoms with van der Waals surface area (Å²) >= 11 is 0. The zero-order valence-corrected chi connectivity index (χ0v) is 14.6. The number of nitrogens with zero attached hydrogens (tertiary/aromatic N) is 1. The molecule has 0 saturated heterocycles. The molecule has 1 aromatic carbocycles. The van der Waals surface area contributed by atoms with Crippen molar-refractivity contribution in [2.24, 2.45) is 0 Å². The third-order valence-electron chi connectivity index (χ3n) is 3.35. The first-order chi connectivity index (χ1) is 10.7. The van der Waals surface area contributed by atoms with Gasteiger partial charge in [0.2, 0.25) is 5.91 Å². The Morgan fingerprint density at radius 2 is 1.87 bits per heavy atom. The van der Waals surface area contributed by atoms with Gasteiger partial charge in [0.25, 0.3) is 0 Å². The second-order valence-corrected chi connectivity index (χ2v) is 7.54. The molecule has 8 heteroatoms. The maximum Gasteiger partial charge on any atom is 0.223 e. The smallest absolute Gasteiger partial charge is 0.223 e. The van der Waals surface area contributed by atoms with E-state index < -0.39 is 15.9 Å². The summed E-state index contributed by atoms with van der Waals surface area (Å²) in [7, 11) is 1.34. The second kappa shape index (κ2) is 8.16. The van der Waals surface area contributed by atoms with Crippen LogP contribution in [-0.2, 0) is 14.6 Å². The van der Waals surface area contributed by atoms with Gasteiger partial charge in [-0.15, -0.1) is 0 Å². The van der Waals surface area contributed by atoms with Crippen LogP contribution in [0.4, 0.5) is 0 Å². The quantitative estimate of drug-likeness (QED) is 0.743. The molecule has 7 nitrogen and oxygen atoms in total. The first-order valence-corrected chi connectivity index (χ1v) is 9.05. The number of methoxy groups -OCH3 is 2. The molecule has 0 spiro atoms. The molecule has 0 aliphatic heterocycles. The second-order valence-electron chi connectivity index (χ2n) is 5.28. The Kier molecular flexibility index (Phi) is 6.83. The van der Waals surface area contributed by atoms with Crippen LogP contribution >= 0.6 is 0 Å². The molecule has 1 amide bonds. The van der Waals surface area contributed by atoms with E-state index >= 15 is 0 Å². The molecule has 0 bridgehead atoms. The fourth-order valence-electron chi connectivity index (χ4n) is 1.99. The summed E-state index contributed by atoms with van der Waals surface area (Å²) in [6.45, 7) is 0.0536. The van der Waals surface area contributed by atoms with E-state index in [2.05, 4.69) is 0 Å². The minimum atomic E-state index is -3.19. The van der Waals surface area contributed by atoms with Gasteiger partial charge in [0.15, 0.2) is 11.5 Å². The van der Waals surface area contributed by atoms with Crippen LogP contribution in [0, 0.1) is 0 Å². The molecule has 1 aromatic rings. The van der Waals surface area contributed by atoms with Crippen LogP contribution in [0.3, 0.4) is 0 Å².